The van der Waals surface area contributed by atoms with Crippen LogP contribution >= 0.6 is 15.9 Å². The summed E-state index contributed by atoms with van der Waals surface area (Å²) < 4.78 is 27.1. The predicted molar refractivity (Wildman–Crippen MR) is 80.0 cm³/mol. The van der Waals surface area contributed by atoms with Crippen LogP contribution in [0.4, 0.5) is 0 Å². The molecule has 114 valence electrons. The van der Waals surface area contributed by atoms with Crippen molar-refractivity contribution >= 4 is 37.8 Å². The standard InChI is InChI=1S/C13H15BrN2O4S/c1-3-11-13(18)15-12(17)7-16(11)21(19,20)9-4-5-10(14)8(2)6-9/h4-6,11H,3,7H2,1-2H3,(H,15,17,18). The second-order valence-electron chi connectivity index (χ2n) is 4.80. The zero-order valence-corrected chi connectivity index (χ0v) is 14.0. The van der Waals surface area contributed by atoms with Crippen molar-refractivity contribution in [2.24, 2.45) is 0 Å². The number of benzene rings is 1. The average Bonchev–Trinajstić information content (AvgIpc) is 2.41. The molecule has 0 bridgehead atoms. The van der Waals surface area contributed by atoms with Gasteiger partial charge in [0.15, 0.2) is 0 Å². The molecule has 1 atom stereocenters. The molecule has 21 heavy (non-hydrogen) atoms. The number of amides is 2. The molecule has 0 saturated carbocycles. The topological polar surface area (TPSA) is 83.6 Å². The molecule has 2 amide bonds. The number of sulfonamides is 1. The summed E-state index contributed by atoms with van der Waals surface area (Å²) in [6.07, 6.45) is 0.299. The molecule has 2 rings (SSSR count). The number of hydrogen-bond donors (Lipinski definition) is 1. The third-order valence-corrected chi connectivity index (χ3v) is 6.08. The number of halogens is 1. The molecule has 1 N–H and O–H groups in total. The number of hydrogen-bond acceptors (Lipinski definition) is 4. The second-order valence-corrected chi connectivity index (χ2v) is 7.54. The first-order valence-electron chi connectivity index (χ1n) is 6.39. The van der Waals surface area contributed by atoms with Gasteiger partial charge in [0.05, 0.1) is 11.4 Å². The van der Waals surface area contributed by atoms with Crippen LogP contribution in [0.3, 0.4) is 0 Å². The lowest BCUT2D eigenvalue weighted by atomic mass is 10.2. The van der Waals surface area contributed by atoms with E-state index < -0.39 is 27.9 Å². The van der Waals surface area contributed by atoms with Crippen molar-refractivity contribution in [1.29, 1.82) is 0 Å². The molecule has 1 heterocycles. The second kappa shape index (κ2) is 5.86. The van der Waals surface area contributed by atoms with Gasteiger partial charge in [-0.05, 0) is 37.1 Å². The zero-order chi connectivity index (χ0) is 15.8. The number of nitrogens with one attached hydrogen (secondary N) is 1. The smallest absolute Gasteiger partial charge is 0.245 e. The van der Waals surface area contributed by atoms with Crippen molar-refractivity contribution in [3.63, 3.8) is 0 Å². The molecule has 1 aliphatic rings. The highest BCUT2D eigenvalue weighted by Gasteiger charge is 2.40. The molecule has 1 aromatic carbocycles. The van der Waals surface area contributed by atoms with Gasteiger partial charge in [0.2, 0.25) is 21.8 Å². The van der Waals surface area contributed by atoms with Gasteiger partial charge in [-0.2, -0.15) is 4.31 Å². The highest BCUT2D eigenvalue weighted by atomic mass is 79.9. The summed E-state index contributed by atoms with van der Waals surface area (Å²) in [5, 5.41) is 2.16. The molecule has 1 saturated heterocycles. The Bertz CT molecular complexity index is 702. The molecular weight excluding hydrogens is 360 g/mol. The molecule has 0 aliphatic carbocycles. The maximum absolute atomic E-state index is 12.7. The fourth-order valence-electron chi connectivity index (χ4n) is 2.20. The van der Waals surface area contributed by atoms with E-state index in [4.69, 9.17) is 0 Å². The van der Waals surface area contributed by atoms with Crippen LogP contribution in [0.15, 0.2) is 27.6 Å². The molecule has 0 radical (unpaired) electrons. The van der Waals surface area contributed by atoms with Crippen molar-refractivity contribution in [3.05, 3.63) is 28.2 Å². The first-order chi connectivity index (χ1) is 9.77. The van der Waals surface area contributed by atoms with Gasteiger partial charge in [0, 0.05) is 4.47 Å². The van der Waals surface area contributed by atoms with Crippen LogP contribution in [-0.2, 0) is 19.6 Å². The minimum absolute atomic E-state index is 0.0733. The van der Waals surface area contributed by atoms with Crippen LogP contribution < -0.4 is 5.32 Å². The Kier molecular flexibility index (Phi) is 4.50. The molecule has 1 aromatic rings. The fraction of sp³-hybridized carbons (Fsp3) is 0.385. The number of piperazine rings is 1. The SMILES string of the molecule is CCC1C(=O)NC(=O)CN1S(=O)(=O)c1ccc(Br)c(C)c1. The summed E-state index contributed by atoms with van der Waals surface area (Å²) in [5.74, 6) is -1.19. The molecule has 0 spiro atoms. The number of nitrogens with zero attached hydrogens (tertiary/aromatic N) is 1. The Morgan fingerprint density at radius 1 is 1.38 bits per heavy atom. The Morgan fingerprint density at radius 3 is 2.62 bits per heavy atom. The maximum Gasteiger partial charge on any atom is 0.245 e. The molecule has 8 heteroatoms. The Morgan fingerprint density at radius 2 is 2.05 bits per heavy atom. The molecule has 6 nitrogen and oxygen atoms in total. The van der Waals surface area contributed by atoms with Crippen LogP contribution in [0.5, 0.6) is 0 Å². The van der Waals surface area contributed by atoms with E-state index in [9.17, 15) is 18.0 Å². The zero-order valence-electron chi connectivity index (χ0n) is 11.6. The quantitative estimate of drug-likeness (QED) is 0.805. The number of carbonyl (C=O) groups is 2. The van der Waals surface area contributed by atoms with Gasteiger partial charge in [0.25, 0.3) is 0 Å². The minimum atomic E-state index is -3.90. The van der Waals surface area contributed by atoms with Crippen LogP contribution in [-0.4, -0.2) is 37.1 Å². The fourth-order valence-corrected chi connectivity index (χ4v) is 4.15. The minimum Gasteiger partial charge on any atom is -0.294 e. The van der Waals surface area contributed by atoms with E-state index in [1.54, 1.807) is 19.9 Å². The van der Waals surface area contributed by atoms with Gasteiger partial charge in [0.1, 0.15) is 6.04 Å². The molecule has 1 aliphatic heterocycles. The van der Waals surface area contributed by atoms with E-state index >= 15 is 0 Å². The molecular formula is C13H15BrN2O4S. The highest BCUT2D eigenvalue weighted by Crippen LogP contribution is 2.25. The number of imide groups is 1. The Balaban J connectivity index is 2.47. The number of rotatable bonds is 3. The van der Waals surface area contributed by atoms with Crippen molar-refractivity contribution in [3.8, 4) is 0 Å². The predicted octanol–water partition coefficient (Wildman–Crippen LogP) is 1.18. The van der Waals surface area contributed by atoms with Crippen LogP contribution in [0.1, 0.15) is 18.9 Å². The van der Waals surface area contributed by atoms with E-state index in [0.29, 0.717) is 6.42 Å². The van der Waals surface area contributed by atoms with Crippen LogP contribution in [0.2, 0.25) is 0 Å². The van der Waals surface area contributed by atoms with Crippen LogP contribution in [0.25, 0.3) is 0 Å². The first kappa shape index (κ1) is 16.1. The molecule has 1 fully saturated rings. The number of carbonyl (C=O) groups excluding carboxylic acids is 2. The summed E-state index contributed by atoms with van der Waals surface area (Å²) in [6, 6.07) is 3.74. The van der Waals surface area contributed by atoms with E-state index in [1.807, 2.05) is 0 Å². The van der Waals surface area contributed by atoms with Gasteiger partial charge < -0.3 is 0 Å². The monoisotopic (exact) mass is 374 g/mol. The average molecular weight is 375 g/mol. The summed E-state index contributed by atoms with van der Waals surface area (Å²) in [6.45, 7) is 3.13. The molecule has 1 unspecified atom stereocenters. The third kappa shape index (κ3) is 3.02. The van der Waals surface area contributed by atoms with Crippen LogP contribution in [0, 0.1) is 6.92 Å². The lowest BCUT2D eigenvalue weighted by molar-refractivity contribution is -0.137. The van der Waals surface area contributed by atoms with Gasteiger partial charge in [-0.3, -0.25) is 14.9 Å². The van der Waals surface area contributed by atoms with E-state index in [0.717, 1.165) is 14.3 Å². The van der Waals surface area contributed by atoms with E-state index in [2.05, 4.69) is 21.2 Å². The van der Waals surface area contributed by atoms with Gasteiger partial charge >= 0.3 is 0 Å². The van der Waals surface area contributed by atoms with Crippen molar-refractivity contribution in [2.45, 2.75) is 31.2 Å². The normalized spacial score (nSPS) is 20.4. The Labute approximate surface area is 131 Å². The summed E-state index contributed by atoms with van der Waals surface area (Å²) in [7, 11) is -3.90. The Hall–Kier alpha value is -1.25. The van der Waals surface area contributed by atoms with Crippen molar-refractivity contribution < 1.29 is 18.0 Å². The van der Waals surface area contributed by atoms with Crippen molar-refractivity contribution in [1.82, 2.24) is 9.62 Å². The summed E-state index contributed by atoms with van der Waals surface area (Å²) >= 11 is 3.31. The maximum atomic E-state index is 12.7. The third-order valence-electron chi connectivity index (χ3n) is 3.34. The first-order valence-corrected chi connectivity index (χ1v) is 8.62. The van der Waals surface area contributed by atoms with Gasteiger partial charge in [-0.15, -0.1) is 0 Å². The summed E-state index contributed by atoms with van der Waals surface area (Å²) in [5.41, 5.74) is 0.761. The largest absolute Gasteiger partial charge is 0.294 e. The lowest BCUT2D eigenvalue weighted by Gasteiger charge is -2.32. The summed E-state index contributed by atoms with van der Waals surface area (Å²) in [4.78, 5) is 23.4. The van der Waals surface area contributed by atoms with Gasteiger partial charge in [-0.25, -0.2) is 8.42 Å². The van der Waals surface area contributed by atoms with E-state index in [-0.39, 0.29) is 11.4 Å². The van der Waals surface area contributed by atoms with E-state index in [1.165, 1.54) is 12.1 Å². The highest BCUT2D eigenvalue weighted by molar-refractivity contribution is 9.10. The van der Waals surface area contributed by atoms with Crippen molar-refractivity contribution in [2.75, 3.05) is 6.54 Å². The van der Waals surface area contributed by atoms with Gasteiger partial charge in [-0.1, -0.05) is 22.9 Å². The lowest BCUT2D eigenvalue weighted by Crippen LogP contribution is -2.59. The molecule has 0 aromatic heterocycles. The number of aryl methyl sites for hydroxylation is 1.